The van der Waals surface area contributed by atoms with Crippen LogP contribution in [0.4, 0.5) is 17.6 Å². The Labute approximate surface area is 163 Å². The van der Waals surface area contributed by atoms with Crippen LogP contribution in [0, 0.1) is 23.3 Å². The zero-order valence-electron chi connectivity index (χ0n) is 14.4. The quantitative estimate of drug-likeness (QED) is 0.383. The van der Waals surface area contributed by atoms with Crippen LogP contribution in [0.3, 0.4) is 0 Å². The second-order valence-electron chi connectivity index (χ2n) is 5.66. The summed E-state index contributed by atoms with van der Waals surface area (Å²) in [5.74, 6) is -11.9. The smallest absolute Gasteiger partial charge is 0.310 e. The fourth-order valence-corrected chi connectivity index (χ4v) is 4.21. The number of sulfone groups is 1. The SMILES string of the molecule is NS(=O)(=O)c1c(F)c(F)c(S(=O)(=O)CCOC(=O)Cc2ccccc2)c(F)c1F. The third kappa shape index (κ3) is 5.10. The number of ether oxygens (including phenoxy) is 1. The molecular formula is C16H13F4NO6S2. The molecule has 0 saturated carbocycles. The molecule has 2 rings (SSSR count). The maximum absolute atomic E-state index is 14.0. The first-order chi connectivity index (χ1) is 13.4. The van der Waals surface area contributed by atoms with Gasteiger partial charge in [-0.25, -0.2) is 39.5 Å². The van der Waals surface area contributed by atoms with Crippen LogP contribution in [0.15, 0.2) is 40.1 Å². The molecule has 0 aliphatic heterocycles. The van der Waals surface area contributed by atoms with Crippen LogP contribution in [0.1, 0.15) is 5.56 Å². The summed E-state index contributed by atoms with van der Waals surface area (Å²) in [7, 11) is -10.3. The monoisotopic (exact) mass is 455 g/mol. The average Bonchev–Trinajstić information content (AvgIpc) is 2.59. The summed E-state index contributed by atoms with van der Waals surface area (Å²) in [6.45, 7) is -0.868. The summed E-state index contributed by atoms with van der Waals surface area (Å²) in [4.78, 5) is 7.50. The average molecular weight is 455 g/mol. The molecule has 0 radical (unpaired) electrons. The Morgan fingerprint density at radius 1 is 0.862 bits per heavy atom. The van der Waals surface area contributed by atoms with Crippen molar-refractivity contribution in [1.29, 1.82) is 0 Å². The van der Waals surface area contributed by atoms with Crippen molar-refractivity contribution in [2.24, 2.45) is 5.14 Å². The summed E-state index contributed by atoms with van der Waals surface area (Å²) in [6.07, 6.45) is -0.212. The summed E-state index contributed by atoms with van der Waals surface area (Å²) < 4.78 is 107. The van der Waals surface area contributed by atoms with Gasteiger partial charge in [0.05, 0.1) is 12.2 Å². The highest BCUT2D eigenvalue weighted by Gasteiger charge is 2.36. The largest absolute Gasteiger partial charge is 0.464 e. The first-order valence-electron chi connectivity index (χ1n) is 7.67. The van der Waals surface area contributed by atoms with Crippen molar-refractivity contribution < 1.29 is 43.9 Å². The molecule has 0 atom stereocenters. The lowest BCUT2D eigenvalue weighted by atomic mass is 10.2. The number of hydrogen-bond donors (Lipinski definition) is 1. The Bertz CT molecular complexity index is 1120. The fourth-order valence-electron chi connectivity index (χ4n) is 2.30. The molecule has 29 heavy (non-hydrogen) atoms. The van der Waals surface area contributed by atoms with E-state index in [1.165, 1.54) is 0 Å². The number of nitrogens with two attached hydrogens (primary N) is 1. The standard InChI is InChI=1S/C16H13F4NO6S2/c17-11-13(19)16(29(21,25)26)14(20)12(18)15(11)28(23,24)7-6-27-10(22)8-9-4-2-1-3-5-9/h1-5H,6-8H2,(H2,21,25,26). The minimum Gasteiger partial charge on any atom is -0.464 e. The Kier molecular flexibility index (Phi) is 6.65. The third-order valence-electron chi connectivity index (χ3n) is 3.58. The van der Waals surface area contributed by atoms with E-state index in [0.717, 1.165) is 0 Å². The van der Waals surface area contributed by atoms with Crippen molar-refractivity contribution >= 4 is 25.8 Å². The number of sulfonamides is 1. The van der Waals surface area contributed by atoms with Crippen molar-refractivity contribution in [3.05, 3.63) is 59.2 Å². The van der Waals surface area contributed by atoms with E-state index < -0.39 is 71.2 Å². The summed E-state index contributed by atoms with van der Waals surface area (Å²) in [5.41, 5.74) is 0.556. The van der Waals surface area contributed by atoms with E-state index in [4.69, 9.17) is 0 Å². The first kappa shape index (κ1) is 22.8. The summed E-state index contributed by atoms with van der Waals surface area (Å²) >= 11 is 0. The molecule has 0 saturated heterocycles. The lowest BCUT2D eigenvalue weighted by molar-refractivity contribution is -0.142. The van der Waals surface area contributed by atoms with Gasteiger partial charge in [0.25, 0.3) is 0 Å². The summed E-state index contributed by atoms with van der Waals surface area (Å²) in [5, 5.41) is 4.48. The lowest BCUT2D eigenvalue weighted by Crippen LogP contribution is -2.23. The van der Waals surface area contributed by atoms with Gasteiger partial charge in [0, 0.05) is 0 Å². The molecule has 158 valence electrons. The Morgan fingerprint density at radius 3 is 1.83 bits per heavy atom. The molecule has 0 aliphatic carbocycles. The minimum atomic E-state index is -5.22. The van der Waals surface area contributed by atoms with Crippen LogP contribution < -0.4 is 5.14 Å². The molecule has 13 heteroatoms. The molecule has 7 nitrogen and oxygen atoms in total. The van der Waals surface area contributed by atoms with Crippen LogP contribution in [0.2, 0.25) is 0 Å². The van der Waals surface area contributed by atoms with Gasteiger partial charge in [0.15, 0.2) is 38.0 Å². The normalized spacial score (nSPS) is 12.0. The lowest BCUT2D eigenvalue weighted by Gasteiger charge is -2.11. The molecule has 0 spiro atoms. The van der Waals surface area contributed by atoms with Crippen LogP contribution in [-0.2, 0) is 35.8 Å². The van der Waals surface area contributed by atoms with Gasteiger partial charge in [-0.1, -0.05) is 30.3 Å². The number of benzene rings is 2. The zero-order chi connectivity index (χ0) is 22.0. The molecule has 0 bridgehead atoms. The number of halogens is 4. The van der Waals surface area contributed by atoms with Crippen molar-refractivity contribution in [3.63, 3.8) is 0 Å². The molecule has 2 N–H and O–H groups in total. The van der Waals surface area contributed by atoms with Gasteiger partial charge in [-0.15, -0.1) is 0 Å². The van der Waals surface area contributed by atoms with E-state index in [0.29, 0.717) is 5.56 Å². The second-order valence-corrected chi connectivity index (χ2v) is 9.21. The number of esters is 1. The highest BCUT2D eigenvalue weighted by molar-refractivity contribution is 7.91. The number of rotatable bonds is 7. The van der Waals surface area contributed by atoms with E-state index in [1.54, 1.807) is 30.3 Å². The molecule has 0 aromatic heterocycles. The van der Waals surface area contributed by atoms with Gasteiger partial charge in [-0.2, -0.15) is 0 Å². The highest BCUT2D eigenvalue weighted by Crippen LogP contribution is 2.30. The molecule has 2 aromatic rings. The van der Waals surface area contributed by atoms with E-state index in [1.807, 2.05) is 0 Å². The molecule has 0 aliphatic rings. The van der Waals surface area contributed by atoms with Crippen LogP contribution in [0.25, 0.3) is 0 Å². The number of hydrogen-bond acceptors (Lipinski definition) is 6. The third-order valence-corrected chi connectivity index (χ3v) is 6.20. The Morgan fingerprint density at radius 2 is 1.34 bits per heavy atom. The van der Waals surface area contributed by atoms with Gasteiger partial charge in [0.1, 0.15) is 11.5 Å². The molecular weight excluding hydrogens is 442 g/mol. The highest BCUT2D eigenvalue weighted by atomic mass is 32.2. The molecule has 0 unspecified atom stereocenters. The Balaban J connectivity index is 2.22. The maximum Gasteiger partial charge on any atom is 0.310 e. The first-order valence-corrected chi connectivity index (χ1v) is 10.9. The van der Waals surface area contributed by atoms with Gasteiger partial charge in [0.2, 0.25) is 10.0 Å². The predicted octanol–water partition coefficient (Wildman–Crippen LogP) is 1.45. The molecule has 0 fully saturated rings. The predicted molar refractivity (Wildman–Crippen MR) is 90.8 cm³/mol. The molecule has 0 amide bonds. The van der Waals surface area contributed by atoms with Crippen LogP contribution in [-0.4, -0.2) is 35.2 Å². The summed E-state index contributed by atoms with van der Waals surface area (Å²) in [6, 6.07) is 8.19. The maximum atomic E-state index is 14.0. The van der Waals surface area contributed by atoms with E-state index >= 15 is 0 Å². The van der Waals surface area contributed by atoms with Crippen LogP contribution >= 0.6 is 0 Å². The Hall–Kier alpha value is -2.51. The van der Waals surface area contributed by atoms with Crippen molar-refractivity contribution in [2.75, 3.05) is 12.4 Å². The molecule has 0 heterocycles. The van der Waals surface area contributed by atoms with E-state index in [9.17, 15) is 39.2 Å². The van der Waals surface area contributed by atoms with Crippen molar-refractivity contribution in [3.8, 4) is 0 Å². The van der Waals surface area contributed by atoms with Gasteiger partial charge < -0.3 is 4.74 Å². The van der Waals surface area contributed by atoms with E-state index in [2.05, 4.69) is 9.88 Å². The fraction of sp³-hybridized carbons (Fsp3) is 0.188. The van der Waals surface area contributed by atoms with Gasteiger partial charge in [-0.05, 0) is 5.56 Å². The van der Waals surface area contributed by atoms with Crippen LogP contribution in [0.5, 0.6) is 0 Å². The van der Waals surface area contributed by atoms with E-state index in [-0.39, 0.29) is 6.42 Å². The van der Waals surface area contributed by atoms with Gasteiger partial charge >= 0.3 is 5.97 Å². The zero-order valence-corrected chi connectivity index (χ0v) is 16.0. The minimum absolute atomic E-state index is 0.212. The molecule has 2 aromatic carbocycles. The van der Waals surface area contributed by atoms with Crippen molar-refractivity contribution in [2.45, 2.75) is 16.2 Å². The number of carbonyl (C=O) groups excluding carboxylic acids is 1. The topological polar surface area (TPSA) is 121 Å². The second kappa shape index (κ2) is 8.47. The number of primary sulfonamides is 1. The van der Waals surface area contributed by atoms with Gasteiger partial charge in [-0.3, -0.25) is 4.79 Å². The van der Waals surface area contributed by atoms with Crippen molar-refractivity contribution in [1.82, 2.24) is 0 Å². The number of carbonyl (C=O) groups is 1.